The smallest absolute Gasteiger partial charge is 0.228 e. The van der Waals surface area contributed by atoms with Gasteiger partial charge in [0, 0.05) is 35.8 Å². The average molecular weight is 391 g/mol. The first kappa shape index (κ1) is 16.4. The van der Waals surface area contributed by atoms with Gasteiger partial charge < -0.3 is 10.6 Å². The number of carbonyl (C=O) groups excluding carboxylic acids is 1. The molecule has 1 aromatic heterocycles. The van der Waals surface area contributed by atoms with Crippen LogP contribution in [0.25, 0.3) is 10.6 Å². The zero-order chi connectivity index (χ0) is 17.7. The normalized spacial score (nSPS) is 30.0. The molecule has 2 fully saturated rings. The summed E-state index contributed by atoms with van der Waals surface area (Å²) in [5.74, 6) is 0.445. The first-order valence-corrected chi connectivity index (χ1v) is 10.1. The number of rotatable bonds is 3. The molecule has 136 valence electrons. The number of amides is 1. The van der Waals surface area contributed by atoms with Gasteiger partial charge in [0.15, 0.2) is 0 Å². The third-order valence-electron chi connectivity index (χ3n) is 5.48. The van der Waals surface area contributed by atoms with Crippen molar-refractivity contribution in [3.63, 3.8) is 0 Å². The number of hydrazine groups is 1. The Morgan fingerprint density at radius 1 is 1.27 bits per heavy atom. The van der Waals surface area contributed by atoms with Gasteiger partial charge in [-0.05, 0) is 24.5 Å². The largest absolute Gasteiger partial charge is 0.356 e. The molecule has 5 rings (SSSR count). The number of nitrogens with zero attached hydrogens (tertiary/aromatic N) is 2. The Labute approximate surface area is 159 Å². The Balaban J connectivity index is 1.35. The first-order chi connectivity index (χ1) is 12.7. The topological polar surface area (TPSA) is 91.0 Å². The lowest BCUT2D eigenvalue weighted by molar-refractivity contribution is -0.115. The van der Waals surface area contributed by atoms with Gasteiger partial charge in [-0.1, -0.05) is 23.5 Å². The maximum absolute atomic E-state index is 11.7. The quantitative estimate of drug-likeness (QED) is 0.599. The van der Waals surface area contributed by atoms with Crippen LogP contribution in [-0.4, -0.2) is 40.1 Å². The number of hydrogen-bond acceptors (Lipinski definition) is 7. The lowest BCUT2D eigenvalue weighted by Gasteiger charge is -2.35. The molecule has 0 spiro atoms. The van der Waals surface area contributed by atoms with Crippen LogP contribution >= 0.6 is 22.9 Å². The van der Waals surface area contributed by atoms with Gasteiger partial charge in [0.2, 0.25) is 11.0 Å². The summed E-state index contributed by atoms with van der Waals surface area (Å²) in [7, 11) is 0. The Morgan fingerprint density at radius 2 is 2.19 bits per heavy atom. The molecule has 9 heteroatoms. The Hall–Kier alpha value is -1.74. The van der Waals surface area contributed by atoms with E-state index >= 15 is 0 Å². The minimum Gasteiger partial charge on any atom is -0.356 e. The number of aromatic nitrogens is 2. The van der Waals surface area contributed by atoms with Crippen molar-refractivity contribution in [3.05, 3.63) is 23.8 Å². The minimum absolute atomic E-state index is 0.0239. The molecule has 2 aromatic rings. The number of fused-ring (bicyclic) bond motifs is 2. The number of carbonyl (C=O) groups is 1. The fourth-order valence-electron chi connectivity index (χ4n) is 4.15. The van der Waals surface area contributed by atoms with Gasteiger partial charge in [-0.2, -0.15) is 0 Å². The molecule has 26 heavy (non-hydrogen) atoms. The molecular formula is C17H19ClN6OS. The van der Waals surface area contributed by atoms with Gasteiger partial charge in [0.05, 0.1) is 11.8 Å². The van der Waals surface area contributed by atoms with Gasteiger partial charge in [0.1, 0.15) is 5.01 Å². The molecule has 1 saturated heterocycles. The molecular weight excluding hydrogens is 372 g/mol. The zero-order valence-electron chi connectivity index (χ0n) is 14.0. The van der Waals surface area contributed by atoms with E-state index in [1.54, 1.807) is 0 Å². The van der Waals surface area contributed by atoms with Crippen LogP contribution in [0, 0.1) is 5.92 Å². The lowest BCUT2D eigenvalue weighted by Crippen LogP contribution is -2.47. The number of halogens is 1. The van der Waals surface area contributed by atoms with Crippen molar-refractivity contribution in [1.29, 1.82) is 0 Å². The number of benzene rings is 1. The number of anilines is 2. The van der Waals surface area contributed by atoms with E-state index in [0.29, 0.717) is 18.4 Å². The Morgan fingerprint density at radius 3 is 3.12 bits per heavy atom. The maximum Gasteiger partial charge on any atom is 0.228 e. The van der Waals surface area contributed by atoms with Crippen LogP contribution in [0.4, 0.5) is 10.8 Å². The highest BCUT2D eigenvalue weighted by molar-refractivity contribution is 7.18. The second-order valence-electron chi connectivity index (χ2n) is 7.04. The van der Waals surface area contributed by atoms with Gasteiger partial charge in [-0.15, -0.1) is 21.8 Å². The lowest BCUT2D eigenvalue weighted by atomic mass is 9.82. The summed E-state index contributed by atoms with van der Waals surface area (Å²) in [4.78, 5) is 11.7. The molecule has 2 aliphatic heterocycles. The number of alkyl halides is 1. The Kier molecular flexibility index (Phi) is 4.08. The van der Waals surface area contributed by atoms with Crippen molar-refractivity contribution >= 4 is 39.7 Å². The summed E-state index contributed by atoms with van der Waals surface area (Å²) in [6, 6.07) is 6.49. The molecule has 1 amide bonds. The molecule has 7 nitrogen and oxygen atoms in total. The van der Waals surface area contributed by atoms with Crippen LogP contribution in [0.15, 0.2) is 18.2 Å². The van der Waals surface area contributed by atoms with Gasteiger partial charge in [-0.3, -0.25) is 15.6 Å². The molecule has 4 atom stereocenters. The summed E-state index contributed by atoms with van der Waals surface area (Å²) in [5, 5.41) is 16.7. The van der Waals surface area contributed by atoms with Crippen molar-refractivity contribution in [3.8, 4) is 10.6 Å². The average Bonchev–Trinajstić information content (AvgIpc) is 3.35. The minimum atomic E-state index is 0.0239. The van der Waals surface area contributed by atoms with E-state index in [0.717, 1.165) is 46.3 Å². The molecule has 1 aromatic carbocycles. The van der Waals surface area contributed by atoms with Gasteiger partial charge >= 0.3 is 0 Å². The highest BCUT2D eigenvalue weighted by Gasteiger charge is 2.41. The van der Waals surface area contributed by atoms with Crippen LogP contribution in [0.2, 0.25) is 0 Å². The standard InChI is InChI=1S/C17H19ClN6OS/c18-15-10-7-19-22-12(10)4-5-13(15)21-17-24-23-16(26-17)8-2-1-3-11-9(8)6-14(25)20-11/h1-3,10,12-13,15,19,22H,4-7H2,(H,20,25)(H,21,24). The number of hydrogen-bond donors (Lipinski definition) is 4. The summed E-state index contributed by atoms with van der Waals surface area (Å²) in [6.45, 7) is 0.898. The third-order valence-corrected chi connectivity index (χ3v) is 6.99. The predicted molar refractivity (Wildman–Crippen MR) is 102 cm³/mol. The van der Waals surface area contributed by atoms with E-state index in [2.05, 4.69) is 31.7 Å². The molecule has 0 bridgehead atoms. The van der Waals surface area contributed by atoms with E-state index in [-0.39, 0.29) is 17.3 Å². The fraction of sp³-hybridized carbons (Fsp3) is 0.471. The van der Waals surface area contributed by atoms with E-state index in [9.17, 15) is 4.79 Å². The molecule has 3 aliphatic rings. The van der Waals surface area contributed by atoms with Crippen molar-refractivity contribution in [2.45, 2.75) is 36.7 Å². The second kappa shape index (κ2) is 6.45. The van der Waals surface area contributed by atoms with Crippen LogP contribution in [0.1, 0.15) is 18.4 Å². The first-order valence-electron chi connectivity index (χ1n) is 8.83. The van der Waals surface area contributed by atoms with E-state index in [1.807, 2.05) is 18.2 Å². The monoisotopic (exact) mass is 390 g/mol. The summed E-state index contributed by atoms with van der Waals surface area (Å²) < 4.78 is 0. The molecule has 3 heterocycles. The SMILES string of the molecule is O=C1Cc2c(cccc2-c2nnc(NC3CCC4NNCC4C3Cl)s2)N1. The van der Waals surface area contributed by atoms with Gasteiger partial charge in [-0.25, -0.2) is 0 Å². The van der Waals surface area contributed by atoms with Gasteiger partial charge in [0.25, 0.3) is 0 Å². The van der Waals surface area contributed by atoms with Crippen molar-refractivity contribution in [2.24, 2.45) is 5.92 Å². The molecule has 4 N–H and O–H groups in total. The van der Waals surface area contributed by atoms with Crippen LogP contribution < -0.4 is 21.5 Å². The van der Waals surface area contributed by atoms with Crippen molar-refractivity contribution in [2.75, 3.05) is 17.2 Å². The molecule has 4 unspecified atom stereocenters. The highest BCUT2D eigenvalue weighted by Crippen LogP contribution is 2.37. The summed E-state index contributed by atoms with van der Waals surface area (Å²) in [6.07, 6.45) is 2.48. The predicted octanol–water partition coefficient (Wildman–Crippen LogP) is 1.97. The van der Waals surface area contributed by atoms with E-state index in [1.165, 1.54) is 11.3 Å². The van der Waals surface area contributed by atoms with E-state index in [4.69, 9.17) is 11.6 Å². The molecule has 1 saturated carbocycles. The zero-order valence-corrected chi connectivity index (χ0v) is 15.5. The van der Waals surface area contributed by atoms with Crippen molar-refractivity contribution in [1.82, 2.24) is 21.0 Å². The Bertz CT molecular complexity index is 858. The van der Waals surface area contributed by atoms with Crippen LogP contribution in [0.3, 0.4) is 0 Å². The summed E-state index contributed by atoms with van der Waals surface area (Å²) in [5.41, 5.74) is 9.36. The third kappa shape index (κ3) is 2.77. The van der Waals surface area contributed by atoms with Crippen LogP contribution in [0.5, 0.6) is 0 Å². The van der Waals surface area contributed by atoms with Crippen molar-refractivity contribution < 1.29 is 4.79 Å². The van der Waals surface area contributed by atoms with E-state index < -0.39 is 0 Å². The number of nitrogens with one attached hydrogen (secondary N) is 4. The summed E-state index contributed by atoms with van der Waals surface area (Å²) >= 11 is 8.23. The highest BCUT2D eigenvalue weighted by atomic mass is 35.5. The maximum atomic E-state index is 11.7. The van der Waals surface area contributed by atoms with Crippen LogP contribution in [-0.2, 0) is 11.2 Å². The molecule has 0 radical (unpaired) electrons. The molecule has 1 aliphatic carbocycles. The fourth-order valence-corrected chi connectivity index (χ4v) is 5.46. The second-order valence-corrected chi connectivity index (χ2v) is 8.52.